The fraction of sp³-hybridized carbons (Fsp3) is 0.667. The minimum absolute atomic E-state index is 0.0830. The van der Waals surface area contributed by atoms with Crippen LogP contribution in [0.3, 0.4) is 0 Å². The summed E-state index contributed by atoms with van der Waals surface area (Å²) in [5, 5.41) is 3.46. The third-order valence-corrected chi connectivity index (χ3v) is 2.22. The second-order valence-corrected chi connectivity index (χ2v) is 3.58. The average Bonchev–Trinajstić information content (AvgIpc) is 2.77. The Hall–Kier alpha value is -1.48. The van der Waals surface area contributed by atoms with Crippen molar-refractivity contribution in [3.05, 3.63) is 11.7 Å². The van der Waals surface area contributed by atoms with Crippen LogP contribution in [-0.2, 0) is 20.7 Å². The van der Waals surface area contributed by atoms with Crippen LogP contribution in [0.4, 0.5) is 13.2 Å². The monoisotopic (exact) mass is 266 g/mol. The zero-order valence-corrected chi connectivity index (χ0v) is 9.07. The number of ketones is 1. The highest BCUT2D eigenvalue weighted by Gasteiger charge is 2.39. The number of alkyl halides is 3. The average molecular weight is 266 g/mol. The number of halogens is 3. The van der Waals surface area contributed by atoms with E-state index in [1.807, 2.05) is 0 Å². The van der Waals surface area contributed by atoms with Crippen LogP contribution in [0.5, 0.6) is 0 Å². The highest BCUT2D eigenvalue weighted by molar-refractivity contribution is 5.85. The van der Waals surface area contributed by atoms with Crippen LogP contribution < -0.4 is 0 Å². The van der Waals surface area contributed by atoms with E-state index in [9.17, 15) is 18.0 Å². The Kier molecular flexibility index (Phi) is 3.62. The Labute approximate surface area is 99.1 Å². The first-order valence-electron chi connectivity index (χ1n) is 5.08. The minimum atomic E-state index is -4.90. The predicted molar refractivity (Wildman–Crippen MR) is 48.6 cm³/mol. The highest BCUT2D eigenvalue weighted by atomic mass is 19.4. The largest absolute Gasteiger partial charge is 0.450 e. The van der Waals surface area contributed by atoms with Gasteiger partial charge in [-0.15, -0.1) is 0 Å². The Morgan fingerprint density at radius 1 is 1.39 bits per heavy atom. The lowest BCUT2D eigenvalue weighted by molar-refractivity contribution is -0.170. The van der Waals surface area contributed by atoms with Crippen LogP contribution in [0, 0.1) is 0 Å². The van der Waals surface area contributed by atoms with Gasteiger partial charge in [0.05, 0.1) is 26.2 Å². The topological polar surface area (TPSA) is 74.5 Å². The molecule has 1 atom stereocenters. The van der Waals surface area contributed by atoms with Gasteiger partial charge in [-0.1, -0.05) is 5.16 Å². The van der Waals surface area contributed by atoms with E-state index in [2.05, 4.69) is 14.7 Å². The van der Waals surface area contributed by atoms with E-state index in [4.69, 9.17) is 9.47 Å². The normalized spacial score (nSPS) is 20.9. The van der Waals surface area contributed by atoms with E-state index in [1.165, 1.54) is 0 Å². The van der Waals surface area contributed by atoms with E-state index in [0.717, 1.165) is 0 Å². The molecular formula is C9H9F3N2O4. The molecule has 2 heterocycles. The maximum atomic E-state index is 12.0. The standard InChI is InChI=1S/C9H9F3N2O4/c10-9(11,12)6(15)3-7-13-8(14-18-7)5-4-16-1-2-17-5/h5H,1-4H2. The van der Waals surface area contributed by atoms with Crippen molar-refractivity contribution < 1.29 is 32.0 Å². The molecule has 1 aromatic heterocycles. The summed E-state index contributed by atoms with van der Waals surface area (Å²) in [5.74, 6) is -2.24. The summed E-state index contributed by atoms with van der Waals surface area (Å²) in [7, 11) is 0. The van der Waals surface area contributed by atoms with Crippen molar-refractivity contribution in [1.82, 2.24) is 10.1 Å². The van der Waals surface area contributed by atoms with Crippen molar-refractivity contribution in [3.8, 4) is 0 Å². The van der Waals surface area contributed by atoms with E-state index >= 15 is 0 Å². The lowest BCUT2D eigenvalue weighted by Crippen LogP contribution is -2.25. The number of hydrogen-bond donors (Lipinski definition) is 0. The number of ether oxygens (including phenoxy) is 2. The van der Waals surface area contributed by atoms with Gasteiger partial charge in [0, 0.05) is 0 Å². The zero-order chi connectivity index (χ0) is 13.2. The number of carbonyl (C=O) groups excluding carboxylic acids is 1. The molecule has 0 saturated carbocycles. The lowest BCUT2D eigenvalue weighted by Gasteiger charge is -2.19. The van der Waals surface area contributed by atoms with Crippen molar-refractivity contribution >= 4 is 5.78 Å². The number of hydrogen-bond acceptors (Lipinski definition) is 6. The molecule has 9 heteroatoms. The first-order chi connectivity index (χ1) is 8.47. The molecular weight excluding hydrogens is 257 g/mol. The second-order valence-electron chi connectivity index (χ2n) is 3.58. The van der Waals surface area contributed by atoms with Gasteiger partial charge >= 0.3 is 6.18 Å². The quantitative estimate of drug-likeness (QED) is 0.806. The number of carbonyl (C=O) groups is 1. The first-order valence-corrected chi connectivity index (χ1v) is 5.08. The summed E-state index contributed by atoms with van der Waals surface area (Å²) in [5.41, 5.74) is 0. The van der Waals surface area contributed by atoms with Crippen molar-refractivity contribution in [2.75, 3.05) is 19.8 Å². The van der Waals surface area contributed by atoms with Gasteiger partial charge in [-0.25, -0.2) is 0 Å². The summed E-state index contributed by atoms with van der Waals surface area (Å²) in [6.07, 6.45) is -6.44. The predicted octanol–water partition coefficient (Wildman–Crippen LogP) is 0.831. The van der Waals surface area contributed by atoms with Crippen molar-refractivity contribution in [2.45, 2.75) is 18.7 Å². The van der Waals surface area contributed by atoms with Gasteiger partial charge in [0.2, 0.25) is 17.5 Å². The lowest BCUT2D eigenvalue weighted by atomic mass is 10.3. The number of rotatable bonds is 3. The Morgan fingerprint density at radius 2 is 2.17 bits per heavy atom. The third-order valence-electron chi connectivity index (χ3n) is 2.22. The van der Waals surface area contributed by atoms with Gasteiger partial charge in [-0.05, 0) is 0 Å². The van der Waals surface area contributed by atoms with Crippen molar-refractivity contribution in [3.63, 3.8) is 0 Å². The summed E-state index contributed by atoms with van der Waals surface area (Å²) in [4.78, 5) is 14.4. The minimum Gasteiger partial charge on any atom is -0.376 e. The van der Waals surface area contributed by atoms with E-state index in [-0.39, 0.29) is 18.3 Å². The van der Waals surface area contributed by atoms with Gasteiger partial charge < -0.3 is 14.0 Å². The Morgan fingerprint density at radius 3 is 2.78 bits per heavy atom. The molecule has 1 fully saturated rings. The van der Waals surface area contributed by atoms with Crippen LogP contribution >= 0.6 is 0 Å². The SMILES string of the molecule is O=C(Cc1nc(C2COCCO2)no1)C(F)(F)F. The smallest absolute Gasteiger partial charge is 0.376 e. The van der Waals surface area contributed by atoms with Crippen LogP contribution in [0.25, 0.3) is 0 Å². The maximum Gasteiger partial charge on any atom is 0.450 e. The molecule has 6 nitrogen and oxygen atoms in total. The highest BCUT2D eigenvalue weighted by Crippen LogP contribution is 2.20. The van der Waals surface area contributed by atoms with E-state index in [1.54, 1.807) is 0 Å². The molecule has 0 aromatic carbocycles. The summed E-state index contributed by atoms with van der Waals surface area (Å²) >= 11 is 0. The molecule has 18 heavy (non-hydrogen) atoms. The molecule has 1 saturated heterocycles. The molecule has 100 valence electrons. The molecule has 1 aliphatic rings. The summed E-state index contributed by atoms with van der Waals surface area (Å²) in [6.45, 7) is 0.982. The van der Waals surface area contributed by atoms with Crippen LogP contribution in [0.15, 0.2) is 4.52 Å². The molecule has 0 bridgehead atoms. The Bertz CT molecular complexity index is 426. The second kappa shape index (κ2) is 5.02. The van der Waals surface area contributed by atoms with E-state index < -0.39 is 24.5 Å². The summed E-state index contributed by atoms with van der Waals surface area (Å²) in [6, 6.07) is 0. The first kappa shape index (κ1) is 13.0. The molecule has 1 aromatic rings. The zero-order valence-electron chi connectivity index (χ0n) is 9.07. The Balaban J connectivity index is 1.99. The number of Topliss-reactive ketones (excluding diaryl/α,β-unsaturated/α-hetero) is 1. The van der Waals surface area contributed by atoms with Gasteiger partial charge in [0.15, 0.2) is 0 Å². The van der Waals surface area contributed by atoms with Gasteiger partial charge in [-0.3, -0.25) is 4.79 Å². The fourth-order valence-electron chi connectivity index (χ4n) is 1.35. The number of nitrogens with zero attached hydrogens (tertiary/aromatic N) is 2. The van der Waals surface area contributed by atoms with Gasteiger partial charge in [0.1, 0.15) is 6.10 Å². The number of aromatic nitrogens is 2. The molecule has 0 amide bonds. The van der Waals surface area contributed by atoms with Gasteiger partial charge in [-0.2, -0.15) is 18.2 Å². The molecule has 0 radical (unpaired) electrons. The molecule has 0 N–H and O–H groups in total. The fourth-order valence-corrected chi connectivity index (χ4v) is 1.35. The van der Waals surface area contributed by atoms with E-state index in [0.29, 0.717) is 13.2 Å². The van der Waals surface area contributed by atoms with Gasteiger partial charge in [0.25, 0.3) is 0 Å². The molecule has 0 aliphatic carbocycles. The van der Waals surface area contributed by atoms with Crippen molar-refractivity contribution in [1.29, 1.82) is 0 Å². The molecule has 2 rings (SSSR count). The van der Waals surface area contributed by atoms with Crippen LogP contribution in [0.2, 0.25) is 0 Å². The van der Waals surface area contributed by atoms with Crippen molar-refractivity contribution in [2.24, 2.45) is 0 Å². The third kappa shape index (κ3) is 3.05. The molecule has 1 aliphatic heterocycles. The van der Waals surface area contributed by atoms with Crippen LogP contribution in [-0.4, -0.2) is 41.9 Å². The maximum absolute atomic E-state index is 12.0. The van der Waals surface area contributed by atoms with Crippen LogP contribution in [0.1, 0.15) is 17.8 Å². The molecule has 0 spiro atoms. The molecule has 1 unspecified atom stereocenters. The summed E-state index contributed by atoms with van der Waals surface area (Å²) < 4.78 is 50.9.